The van der Waals surface area contributed by atoms with E-state index in [-0.39, 0.29) is 0 Å². The lowest BCUT2D eigenvalue weighted by atomic mass is 10.00. The first-order valence-corrected chi connectivity index (χ1v) is 18.1. The van der Waals surface area contributed by atoms with Crippen molar-refractivity contribution in [3.8, 4) is 51.0 Å². The van der Waals surface area contributed by atoms with Crippen molar-refractivity contribution in [2.24, 2.45) is 0 Å². The van der Waals surface area contributed by atoms with Gasteiger partial charge in [0, 0.05) is 43.6 Å². The highest BCUT2D eigenvalue weighted by atomic mass is 16.3. The number of nitrogens with zero attached hydrogens (tertiary/aromatic N) is 4. The third-order valence-corrected chi connectivity index (χ3v) is 10.5. The van der Waals surface area contributed by atoms with Crippen LogP contribution in [-0.2, 0) is 0 Å². The number of hydrogen-bond donors (Lipinski definition) is 0. The molecular formula is C49H30N4O. The Kier molecular flexibility index (Phi) is 6.79. The summed E-state index contributed by atoms with van der Waals surface area (Å²) < 4.78 is 8.64. The van der Waals surface area contributed by atoms with Crippen molar-refractivity contribution in [3.05, 3.63) is 182 Å². The largest absolute Gasteiger partial charge is 0.456 e. The molecule has 0 radical (unpaired) electrons. The smallest absolute Gasteiger partial charge is 0.238 e. The minimum atomic E-state index is 0.555. The normalized spacial score (nSPS) is 11.7. The van der Waals surface area contributed by atoms with Crippen molar-refractivity contribution < 1.29 is 4.42 Å². The Bertz CT molecular complexity index is 3200. The summed E-state index contributed by atoms with van der Waals surface area (Å²) in [6.07, 6.45) is 0. The first-order valence-electron chi connectivity index (χ1n) is 18.1. The van der Waals surface area contributed by atoms with E-state index in [4.69, 9.17) is 19.4 Å². The van der Waals surface area contributed by atoms with E-state index in [1.165, 1.54) is 0 Å². The van der Waals surface area contributed by atoms with E-state index in [1.807, 2.05) is 36.4 Å². The predicted molar refractivity (Wildman–Crippen MR) is 221 cm³/mol. The summed E-state index contributed by atoms with van der Waals surface area (Å²) in [5.74, 6) is 1.77. The second kappa shape index (κ2) is 12.1. The first kappa shape index (κ1) is 30.3. The molecule has 0 bridgehead atoms. The summed E-state index contributed by atoms with van der Waals surface area (Å²) in [5.41, 5.74) is 10.1. The van der Waals surface area contributed by atoms with Gasteiger partial charge >= 0.3 is 0 Å². The molecule has 0 N–H and O–H groups in total. The average Bonchev–Trinajstić information content (AvgIpc) is 3.80. The lowest BCUT2D eigenvalue weighted by molar-refractivity contribution is 0.669. The summed E-state index contributed by atoms with van der Waals surface area (Å²) in [5, 5.41) is 6.73. The van der Waals surface area contributed by atoms with Crippen LogP contribution in [0.5, 0.6) is 0 Å². The number of benzene rings is 8. The Morgan fingerprint density at radius 2 is 0.907 bits per heavy atom. The van der Waals surface area contributed by atoms with Crippen LogP contribution < -0.4 is 0 Å². The van der Waals surface area contributed by atoms with Crippen molar-refractivity contribution in [3.63, 3.8) is 0 Å². The number of aromatic nitrogens is 4. The standard InChI is InChI=1S/C49H30N4O/c1-3-12-31(13-4-1)32-22-24-35(25-23-32)48-50-47(34-15-5-2-6-16-34)51-49(52-48)53-45-37-17-8-7-14-33(37)26-29-42(45)41-20-11-19-38(46(41)53)36-27-28-40-39-18-9-10-21-43(39)54-44(40)30-36/h1-30H. The summed E-state index contributed by atoms with van der Waals surface area (Å²) in [4.78, 5) is 15.7. The Hall–Kier alpha value is -7.37. The van der Waals surface area contributed by atoms with Crippen LogP contribution in [0.4, 0.5) is 0 Å². The molecule has 0 saturated carbocycles. The van der Waals surface area contributed by atoms with Crippen LogP contribution in [0.1, 0.15) is 0 Å². The van der Waals surface area contributed by atoms with Crippen molar-refractivity contribution in [2.45, 2.75) is 0 Å². The van der Waals surface area contributed by atoms with Crippen molar-refractivity contribution in [2.75, 3.05) is 0 Å². The zero-order chi connectivity index (χ0) is 35.6. The Balaban J connectivity index is 1.21. The molecule has 0 aliphatic carbocycles. The second-order valence-electron chi connectivity index (χ2n) is 13.6. The second-order valence-corrected chi connectivity index (χ2v) is 13.6. The molecule has 252 valence electrons. The lowest BCUT2D eigenvalue weighted by Crippen LogP contribution is -2.07. The zero-order valence-corrected chi connectivity index (χ0v) is 29.0. The quantitative estimate of drug-likeness (QED) is 0.180. The molecule has 3 heterocycles. The van der Waals surface area contributed by atoms with Gasteiger partial charge in [-0.2, -0.15) is 9.97 Å². The highest BCUT2D eigenvalue weighted by Crippen LogP contribution is 2.42. The third kappa shape index (κ3) is 4.83. The van der Waals surface area contributed by atoms with Gasteiger partial charge in [0.25, 0.3) is 0 Å². The maximum absolute atomic E-state index is 6.38. The minimum Gasteiger partial charge on any atom is -0.456 e. The van der Waals surface area contributed by atoms with Gasteiger partial charge in [-0.1, -0.05) is 164 Å². The Labute approximate surface area is 310 Å². The van der Waals surface area contributed by atoms with Gasteiger partial charge in [-0.25, -0.2) is 4.98 Å². The minimum absolute atomic E-state index is 0.555. The van der Waals surface area contributed by atoms with Crippen LogP contribution >= 0.6 is 0 Å². The zero-order valence-electron chi connectivity index (χ0n) is 29.0. The molecule has 5 nitrogen and oxygen atoms in total. The van der Waals surface area contributed by atoms with Crippen LogP contribution in [-0.4, -0.2) is 19.5 Å². The molecule has 11 rings (SSSR count). The van der Waals surface area contributed by atoms with Crippen LogP contribution in [0.15, 0.2) is 186 Å². The van der Waals surface area contributed by atoms with E-state index in [9.17, 15) is 0 Å². The topological polar surface area (TPSA) is 56.7 Å². The SMILES string of the molecule is c1ccc(-c2ccc(-c3nc(-c4ccccc4)nc(-n4c5c(-c6ccc7c(c6)oc6ccccc67)cccc5c5ccc6ccccc6c54)n3)cc2)cc1. The Morgan fingerprint density at radius 3 is 1.70 bits per heavy atom. The van der Waals surface area contributed by atoms with Crippen molar-refractivity contribution in [1.82, 2.24) is 19.5 Å². The Morgan fingerprint density at radius 1 is 0.352 bits per heavy atom. The van der Waals surface area contributed by atoms with Gasteiger partial charge in [-0.05, 0) is 40.3 Å². The first-order chi connectivity index (χ1) is 26.8. The molecule has 0 unspecified atom stereocenters. The van der Waals surface area contributed by atoms with Gasteiger partial charge in [0.05, 0.1) is 11.0 Å². The molecular weight excluding hydrogens is 661 g/mol. The summed E-state index contributed by atoms with van der Waals surface area (Å²) in [7, 11) is 0. The summed E-state index contributed by atoms with van der Waals surface area (Å²) >= 11 is 0. The van der Waals surface area contributed by atoms with E-state index in [0.29, 0.717) is 17.6 Å². The maximum atomic E-state index is 6.38. The van der Waals surface area contributed by atoms with Gasteiger partial charge in [0.15, 0.2) is 11.6 Å². The number of hydrogen-bond acceptors (Lipinski definition) is 4. The molecule has 0 atom stereocenters. The molecule has 0 aliphatic heterocycles. The molecule has 5 heteroatoms. The monoisotopic (exact) mass is 690 g/mol. The number of fused-ring (bicyclic) bond motifs is 8. The van der Waals surface area contributed by atoms with Crippen molar-refractivity contribution >= 4 is 54.5 Å². The molecule has 11 aromatic rings. The van der Waals surface area contributed by atoms with E-state index in [1.54, 1.807) is 0 Å². The van der Waals surface area contributed by atoms with Crippen LogP contribution in [0.3, 0.4) is 0 Å². The predicted octanol–water partition coefficient (Wildman–Crippen LogP) is 12.7. The molecule has 8 aromatic carbocycles. The fourth-order valence-electron chi connectivity index (χ4n) is 7.91. The molecule has 0 saturated heterocycles. The fraction of sp³-hybridized carbons (Fsp3) is 0. The molecule has 0 fully saturated rings. The molecule has 54 heavy (non-hydrogen) atoms. The molecule has 0 aliphatic rings. The van der Waals surface area contributed by atoms with Crippen LogP contribution in [0.25, 0.3) is 105 Å². The van der Waals surface area contributed by atoms with E-state index >= 15 is 0 Å². The average molecular weight is 691 g/mol. The highest BCUT2D eigenvalue weighted by molar-refractivity contribution is 6.21. The number of furan rings is 1. The van der Waals surface area contributed by atoms with Crippen molar-refractivity contribution in [1.29, 1.82) is 0 Å². The van der Waals surface area contributed by atoms with Gasteiger partial charge in [0.2, 0.25) is 5.95 Å². The molecule has 0 spiro atoms. The number of para-hydroxylation sites is 2. The van der Waals surface area contributed by atoms with E-state index < -0.39 is 0 Å². The number of rotatable bonds is 5. The van der Waals surface area contributed by atoms with Gasteiger partial charge in [-0.15, -0.1) is 0 Å². The van der Waals surface area contributed by atoms with Gasteiger partial charge < -0.3 is 4.42 Å². The highest BCUT2D eigenvalue weighted by Gasteiger charge is 2.22. The maximum Gasteiger partial charge on any atom is 0.238 e. The summed E-state index contributed by atoms with van der Waals surface area (Å²) in [6.45, 7) is 0. The van der Waals surface area contributed by atoms with E-state index in [2.05, 4.69) is 150 Å². The lowest BCUT2D eigenvalue weighted by Gasteiger charge is -2.14. The molecule has 0 amide bonds. The molecule has 3 aromatic heterocycles. The van der Waals surface area contributed by atoms with Gasteiger partial charge in [-0.3, -0.25) is 4.57 Å². The third-order valence-electron chi connectivity index (χ3n) is 10.5. The fourth-order valence-corrected chi connectivity index (χ4v) is 7.91. The van der Waals surface area contributed by atoms with Crippen LogP contribution in [0, 0.1) is 0 Å². The van der Waals surface area contributed by atoms with Gasteiger partial charge in [0.1, 0.15) is 11.2 Å². The van der Waals surface area contributed by atoms with Crippen LogP contribution in [0.2, 0.25) is 0 Å². The van der Waals surface area contributed by atoms with E-state index in [0.717, 1.165) is 87.9 Å². The summed E-state index contributed by atoms with van der Waals surface area (Å²) in [6, 6.07) is 63.3.